The fourth-order valence-corrected chi connectivity index (χ4v) is 4.48. The normalized spacial score (nSPS) is 27.8. The lowest BCUT2D eigenvalue weighted by molar-refractivity contribution is -0.137. The number of ether oxygens (including phenoxy) is 1. The second-order valence-corrected chi connectivity index (χ2v) is 7.93. The van der Waals surface area contributed by atoms with E-state index in [1.807, 2.05) is 18.7 Å². The summed E-state index contributed by atoms with van der Waals surface area (Å²) in [5.74, 6) is 0.0340. The Bertz CT molecular complexity index is 749. The van der Waals surface area contributed by atoms with Gasteiger partial charge in [-0.25, -0.2) is 0 Å². The lowest BCUT2D eigenvalue weighted by atomic mass is 9.81. The van der Waals surface area contributed by atoms with Crippen molar-refractivity contribution in [3.63, 3.8) is 0 Å². The summed E-state index contributed by atoms with van der Waals surface area (Å²) in [6, 6.07) is 8.58. The number of amides is 1. The number of hydrogen-bond donors (Lipinski definition) is 0. The molecule has 4 heteroatoms. The van der Waals surface area contributed by atoms with Crippen molar-refractivity contribution in [1.82, 2.24) is 4.90 Å². The van der Waals surface area contributed by atoms with Crippen molar-refractivity contribution >= 4 is 11.7 Å². The SMILES string of the molecule is CC1(C)CC(=O)C=C(C(=O)N2CCC3(CCc4ccccc43)C2)O1. The van der Waals surface area contributed by atoms with Crippen molar-refractivity contribution in [3.05, 3.63) is 47.2 Å². The predicted octanol–water partition coefficient (Wildman–Crippen LogP) is 2.75. The van der Waals surface area contributed by atoms with E-state index < -0.39 is 5.60 Å². The van der Waals surface area contributed by atoms with E-state index in [0.717, 1.165) is 32.4 Å². The van der Waals surface area contributed by atoms with Gasteiger partial charge >= 0.3 is 0 Å². The lowest BCUT2D eigenvalue weighted by Gasteiger charge is -2.32. The van der Waals surface area contributed by atoms with E-state index in [1.165, 1.54) is 17.2 Å². The number of benzene rings is 1. The van der Waals surface area contributed by atoms with Crippen LogP contribution in [0, 0.1) is 0 Å². The topological polar surface area (TPSA) is 46.6 Å². The minimum atomic E-state index is -0.603. The van der Waals surface area contributed by atoms with Gasteiger partial charge in [0, 0.05) is 31.0 Å². The van der Waals surface area contributed by atoms with Gasteiger partial charge in [0.25, 0.3) is 5.91 Å². The molecule has 0 N–H and O–H groups in total. The number of fused-ring (bicyclic) bond motifs is 2. The molecule has 1 aromatic carbocycles. The molecule has 0 radical (unpaired) electrons. The number of likely N-dealkylation sites (tertiary alicyclic amines) is 1. The van der Waals surface area contributed by atoms with Gasteiger partial charge in [-0.3, -0.25) is 9.59 Å². The monoisotopic (exact) mass is 325 g/mol. The number of aryl methyl sites for hydroxylation is 1. The van der Waals surface area contributed by atoms with Gasteiger partial charge in [-0.15, -0.1) is 0 Å². The predicted molar refractivity (Wildman–Crippen MR) is 90.5 cm³/mol. The quantitative estimate of drug-likeness (QED) is 0.797. The molecule has 2 aliphatic heterocycles. The number of allylic oxidation sites excluding steroid dienone is 1. The third-order valence-electron chi connectivity index (χ3n) is 5.59. The summed E-state index contributed by atoms with van der Waals surface area (Å²) in [5, 5.41) is 0. The fraction of sp³-hybridized carbons (Fsp3) is 0.500. The van der Waals surface area contributed by atoms with Crippen molar-refractivity contribution in [3.8, 4) is 0 Å². The highest BCUT2D eigenvalue weighted by molar-refractivity contribution is 6.02. The van der Waals surface area contributed by atoms with Crippen LogP contribution in [0.15, 0.2) is 36.1 Å². The minimum Gasteiger partial charge on any atom is -0.481 e. The fourth-order valence-electron chi connectivity index (χ4n) is 4.48. The van der Waals surface area contributed by atoms with Crippen molar-refractivity contribution in [2.45, 2.75) is 50.5 Å². The second kappa shape index (κ2) is 5.20. The molecule has 0 bridgehead atoms. The van der Waals surface area contributed by atoms with Crippen LogP contribution in [0.5, 0.6) is 0 Å². The third kappa shape index (κ3) is 2.45. The molecule has 4 rings (SSSR count). The molecule has 1 amide bonds. The molecule has 0 saturated carbocycles. The van der Waals surface area contributed by atoms with Crippen molar-refractivity contribution in [2.75, 3.05) is 13.1 Å². The molecule has 4 nitrogen and oxygen atoms in total. The average molecular weight is 325 g/mol. The molecule has 126 valence electrons. The van der Waals surface area contributed by atoms with Gasteiger partial charge in [0.2, 0.25) is 0 Å². The minimum absolute atomic E-state index is 0.0327. The van der Waals surface area contributed by atoms with Crippen LogP contribution in [0.25, 0.3) is 0 Å². The highest BCUT2D eigenvalue weighted by Gasteiger charge is 2.46. The van der Waals surface area contributed by atoms with E-state index in [2.05, 4.69) is 24.3 Å². The van der Waals surface area contributed by atoms with E-state index in [4.69, 9.17) is 4.74 Å². The molecule has 24 heavy (non-hydrogen) atoms. The maximum absolute atomic E-state index is 12.9. The number of nitrogens with zero attached hydrogens (tertiary/aromatic N) is 1. The summed E-state index contributed by atoms with van der Waals surface area (Å²) in [4.78, 5) is 26.6. The Morgan fingerprint density at radius 2 is 2.00 bits per heavy atom. The smallest absolute Gasteiger partial charge is 0.289 e. The lowest BCUT2D eigenvalue weighted by Crippen LogP contribution is -2.39. The Kier molecular flexibility index (Phi) is 3.34. The van der Waals surface area contributed by atoms with Gasteiger partial charge in [0.1, 0.15) is 5.60 Å². The first-order valence-corrected chi connectivity index (χ1v) is 8.70. The van der Waals surface area contributed by atoms with Crippen LogP contribution in [0.1, 0.15) is 44.2 Å². The van der Waals surface area contributed by atoms with Crippen LogP contribution >= 0.6 is 0 Å². The number of carbonyl (C=O) groups excluding carboxylic acids is 2. The second-order valence-electron chi connectivity index (χ2n) is 7.93. The molecule has 1 aromatic rings. The van der Waals surface area contributed by atoms with Crippen LogP contribution in [0.3, 0.4) is 0 Å². The van der Waals surface area contributed by atoms with Crippen LogP contribution < -0.4 is 0 Å². The van der Waals surface area contributed by atoms with Crippen molar-refractivity contribution < 1.29 is 14.3 Å². The molecule has 3 aliphatic rings. The van der Waals surface area contributed by atoms with Crippen molar-refractivity contribution in [1.29, 1.82) is 0 Å². The Balaban J connectivity index is 1.56. The number of carbonyl (C=O) groups is 2. The summed E-state index contributed by atoms with van der Waals surface area (Å²) in [5.41, 5.74) is 2.29. The summed E-state index contributed by atoms with van der Waals surface area (Å²) < 4.78 is 5.79. The Morgan fingerprint density at radius 3 is 2.79 bits per heavy atom. The van der Waals surface area contributed by atoms with Gasteiger partial charge in [-0.2, -0.15) is 0 Å². The number of hydrogen-bond acceptors (Lipinski definition) is 3. The van der Waals surface area contributed by atoms with Crippen LogP contribution in [0.4, 0.5) is 0 Å². The number of ketones is 1. The molecule has 1 atom stereocenters. The van der Waals surface area contributed by atoms with E-state index in [9.17, 15) is 9.59 Å². The van der Waals surface area contributed by atoms with E-state index >= 15 is 0 Å². The number of rotatable bonds is 1. The van der Waals surface area contributed by atoms with E-state index in [-0.39, 0.29) is 22.9 Å². The molecule has 1 fully saturated rings. The molecule has 0 aromatic heterocycles. The van der Waals surface area contributed by atoms with E-state index in [0.29, 0.717) is 6.42 Å². The first kappa shape index (κ1) is 15.4. The van der Waals surface area contributed by atoms with Crippen molar-refractivity contribution in [2.24, 2.45) is 0 Å². The molecule has 1 spiro atoms. The molecule has 1 aliphatic carbocycles. The van der Waals surface area contributed by atoms with Crippen LogP contribution in [-0.4, -0.2) is 35.3 Å². The van der Waals surface area contributed by atoms with E-state index in [1.54, 1.807) is 0 Å². The van der Waals surface area contributed by atoms with Gasteiger partial charge in [0.15, 0.2) is 11.5 Å². The molecule has 1 unspecified atom stereocenters. The standard InChI is InChI=1S/C20H23NO3/c1-19(2)12-15(22)11-17(24-19)18(23)21-10-9-20(13-21)8-7-14-5-3-4-6-16(14)20/h3-6,11H,7-10,12-13H2,1-2H3. The molecular weight excluding hydrogens is 302 g/mol. The Labute approximate surface area is 142 Å². The zero-order chi connectivity index (χ0) is 16.9. The Morgan fingerprint density at radius 1 is 1.21 bits per heavy atom. The van der Waals surface area contributed by atoms with Crippen LogP contribution in [-0.2, 0) is 26.2 Å². The largest absolute Gasteiger partial charge is 0.481 e. The van der Waals surface area contributed by atoms with Gasteiger partial charge in [-0.05, 0) is 44.2 Å². The van der Waals surface area contributed by atoms with Crippen LogP contribution in [0.2, 0.25) is 0 Å². The summed E-state index contributed by atoms with van der Waals surface area (Å²) >= 11 is 0. The highest BCUT2D eigenvalue weighted by atomic mass is 16.5. The summed E-state index contributed by atoms with van der Waals surface area (Å²) in [6.45, 7) is 5.15. The molecule has 2 heterocycles. The maximum atomic E-state index is 12.9. The first-order chi connectivity index (χ1) is 11.4. The van der Waals surface area contributed by atoms with Gasteiger partial charge in [0.05, 0.1) is 0 Å². The molecular formula is C20H23NO3. The average Bonchev–Trinajstić information content (AvgIpc) is 3.11. The Hall–Kier alpha value is -2.10. The van der Waals surface area contributed by atoms with Gasteiger partial charge in [-0.1, -0.05) is 24.3 Å². The summed E-state index contributed by atoms with van der Waals surface area (Å²) in [7, 11) is 0. The highest BCUT2D eigenvalue weighted by Crippen LogP contribution is 2.45. The first-order valence-electron chi connectivity index (χ1n) is 8.70. The zero-order valence-corrected chi connectivity index (χ0v) is 14.3. The summed E-state index contributed by atoms with van der Waals surface area (Å²) in [6.07, 6.45) is 4.87. The maximum Gasteiger partial charge on any atom is 0.289 e. The molecule has 1 saturated heterocycles. The van der Waals surface area contributed by atoms with Gasteiger partial charge < -0.3 is 9.64 Å². The third-order valence-corrected chi connectivity index (χ3v) is 5.59. The zero-order valence-electron chi connectivity index (χ0n) is 14.3.